The first kappa shape index (κ1) is 15.9. The number of aliphatic hydroxyl groups is 1. The number of rotatable bonds is 6. The average molecular weight is 313 g/mol. The van der Waals surface area contributed by atoms with E-state index in [1.54, 1.807) is 24.3 Å². The third kappa shape index (κ3) is 5.44. The lowest BCUT2D eigenvalue weighted by Crippen LogP contribution is -2.45. The second-order valence-corrected chi connectivity index (χ2v) is 5.78. The molecule has 0 unspecified atom stereocenters. The molecule has 0 bridgehead atoms. The number of urea groups is 1. The van der Waals surface area contributed by atoms with E-state index in [1.807, 2.05) is 0 Å². The monoisotopic (exact) mass is 312 g/mol. The summed E-state index contributed by atoms with van der Waals surface area (Å²) in [5.74, 6) is 0.710. The van der Waals surface area contributed by atoms with Gasteiger partial charge in [-0.1, -0.05) is 24.4 Å². The minimum Gasteiger partial charge on any atom is -0.492 e. The number of hydrogen-bond acceptors (Lipinski definition) is 3. The Morgan fingerprint density at radius 3 is 2.57 bits per heavy atom. The Labute approximate surface area is 129 Å². The Bertz CT molecular complexity index is 458. The van der Waals surface area contributed by atoms with Crippen molar-refractivity contribution in [1.82, 2.24) is 10.6 Å². The van der Waals surface area contributed by atoms with E-state index < -0.39 is 5.60 Å². The van der Waals surface area contributed by atoms with Crippen molar-refractivity contribution in [1.29, 1.82) is 0 Å². The topological polar surface area (TPSA) is 70.6 Å². The molecule has 0 spiro atoms. The lowest BCUT2D eigenvalue weighted by molar-refractivity contribution is 0.0501. The number of halogens is 1. The molecule has 0 aromatic heterocycles. The molecule has 0 aliphatic heterocycles. The van der Waals surface area contributed by atoms with E-state index in [-0.39, 0.29) is 6.03 Å². The molecule has 0 heterocycles. The van der Waals surface area contributed by atoms with Crippen LogP contribution >= 0.6 is 11.6 Å². The Kier molecular flexibility index (Phi) is 5.70. The second kappa shape index (κ2) is 7.52. The molecule has 0 atom stereocenters. The zero-order valence-corrected chi connectivity index (χ0v) is 12.7. The average Bonchev–Trinajstić information content (AvgIpc) is 2.91. The van der Waals surface area contributed by atoms with Gasteiger partial charge in [0.05, 0.1) is 12.1 Å². The standard InChI is InChI=1S/C15H21ClN2O3/c16-12-3-5-13(6-4-12)21-10-9-17-14(19)18-11-15(20)7-1-2-8-15/h3-6,20H,1-2,7-11H2,(H2,17,18,19). The Morgan fingerprint density at radius 2 is 1.90 bits per heavy atom. The highest BCUT2D eigenvalue weighted by Crippen LogP contribution is 2.28. The SMILES string of the molecule is O=C(NCCOc1ccc(Cl)cc1)NCC1(O)CCCC1. The lowest BCUT2D eigenvalue weighted by Gasteiger charge is -2.22. The molecule has 2 amide bonds. The van der Waals surface area contributed by atoms with Crippen LogP contribution in [-0.4, -0.2) is 36.4 Å². The van der Waals surface area contributed by atoms with Gasteiger partial charge in [-0.15, -0.1) is 0 Å². The predicted octanol–water partition coefficient (Wildman–Crippen LogP) is 2.32. The predicted molar refractivity (Wildman–Crippen MR) is 81.8 cm³/mol. The van der Waals surface area contributed by atoms with Crippen molar-refractivity contribution >= 4 is 17.6 Å². The van der Waals surface area contributed by atoms with Crippen LogP contribution in [0.4, 0.5) is 4.79 Å². The van der Waals surface area contributed by atoms with Crippen LogP contribution in [-0.2, 0) is 0 Å². The maximum atomic E-state index is 11.6. The van der Waals surface area contributed by atoms with E-state index in [2.05, 4.69) is 10.6 Å². The van der Waals surface area contributed by atoms with Crippen molar-refractivity contribution in [3.8, 4) is 5.75 Å². The molecule has 1 aromatic carbocycles. The van der Waals surface area contributed by atoms with Gasteiger partial charge in [0, 0.05) is 11.6 Å². The van der Waals surface area contributed by atoms with Crippen LogP contribution in [0.3, 0.4) is 0 Å². The van der Waals surface area contributed by atoms with Gasteiger partial charge in [-0.25, -0.2) is 4.79 Å². The molecule has 1 aromatic rings. The summed E-state index contributed by atoms with van der Waals surface area (Å²) in [7, 11) is 0. The number of carbonyl (C=O) groups is 1. The van der Waals surface area contributed by atoms with Gasteiger partial charge < -0.3 is 20.5 Å². The molecule has 2 rings (SSSR count). The Hall–Kier alpha value is -1.46. The molecule has 0 saturated heterocycles. The molecular formula is C15H21ClN2O3. The van der Waals surface area contributed by atoms with E-state index in [9.17, 15) is 9.90 Å². The quantitative estimate of drug-likeness (QED) is 0.706. The number of ether oxygens (including phenoxy) is 1. The molecule has 1 saturated carbocycles. The molecule has 3 N–H and O–H groups in total. The minimum atomic E-state index is -0.725. The van der Waals surface area contributed by atoms with Crippen molar-refractivity contribution in [2.45, 2.75) is 31.3 Å². The van der Waals surface area contributed by atoms with E-state index in [4.69, 9.17) is 16.3 Å². The van der Waals surface area contributed by atoms with Crippen molar-refractivity contribution < 1.29 is 14.6 Å². The van der Waals surface area contributed by atoms with Crippen molar-refractivity contribution in [2.24, 2.45) is 0 Å². The molecule has 0 radical (unpaired) electrons. The van der Waals surface area contributed by atoms with E-state index in [0.29, 0.717) is 30.5 Å². The van der Waals surface area contributed by atoms with Crippen LogP contribution in [0.2, 0.25) is 5.02 Å². The second-order valence-electron chi connectivity index (χ2n) is 5.34. The number of amides is 2. The smallest absolute Gasteiger partial charge is 0.315 e. The highest BCUT2D eigenvalue weighted by atomic mass is 35.5. The van der Waals surface area contributed by atoms with E-state index in [1.165, 1.54) is 0 Å². The van der Waals surface area contributed by atoms with Crippen LogP contribution in [0.15, 0.2) is 24.3 Å². The third-order valence-corrected chi connectivity index (χ3v) is 3.83. The Balaban J connectivity index is 1.57. The van der Waals surface area contributed by atoms with Crippen LogP contribution in [0, 0.1) is 0 Å². The fourth-order valence-corrected chi connectivity index (χ4v) is 2.51. The summed E-state index contributed by atoms with van der Waals surface area (Å²) in [6.07, 6.45) is 3.56. The summed E-state index contributed by atoms with van der Waals surface area (Å²) in [4.78, 5) is 11.6. The van der Waals surface area contributed by atoms with E-state index >= 15 is 0 Å². The van der Waals surface area contributed by atoms with Gasteiger partial charge in [0.25, 0.3) is 0 Å². The normalized spacial score (nSPS) is 16.5. The summed E-state index contributed by atoms with van der Waals surface area (Å²) in [5, 5.41) is 16.2. The highest BCUT2D eigenvalue weighted by Gasteiger charge is 2.31. The Morgan fingerprint density at radius 1 is 1.24 bits per heavy atom. The minimum absolute atomic E-state index is 0.282. The highest BCUT2D eigenvalue weighted by molar-refractivity contribution is 6.30. The van der Waals surface area contributed by atoms with Gasteiger partial charge in [0.15, 0.2) is 0 Å². The zero-order valence-electron chi connectivity index (χ0n) is 11.9. The van der Waals surface area contributed by atoms with Crippen LogP contribution in [0.25, 0.3) is 0 Å². The van der Waals surface area contributed by atoms with Gasteiger partial charge in [0.1, 0.15) is 12.4 Å². The number of carbonyl (C=O) groups excluding carboxylic acids is 1. The molecule has 1 fully saturated rings. The first-order valence-corrected chi connectivity index (χ1v) is 7.58. The fourth-order valence-electron chi connectivity index (χ4n) is 2.38. The molecule has 1 aliphatic rings. The summed E-state index contributed by atoms with van der Waals surface area (Å²) in [6.45, 7) is 1.07. The molecule has 21 heavy (non-hydrogen) atoms. The number of nitrogens with one attached hydrogen (secondary N) is 2. The molecule has 6 heteroatoms. The van der Waals surface area contributed by atoms with Crippen molar-refractivity contribution in [3.05, 3.63) is 29.3 Å². The molecular weight excluding hydrogens is 292 g/mol. The third-order valence-electron chi connectivity index (χ3n) is 3.58. The summed E-state index contributed by atoms with van der Waals surface area (Å²) < 4.78 is 5.46. The first-order valence-electron chi connectivity index (χ1n) is 7.20. The summed E-state index contributed by atoms with van der Waals surface area (Å²) >= 11 is 5.77. The van der Waals surface area contributed by atoms with Gasteiger partial charge in [-0.3, -0.25) is 0 Å². The number of benzene rings is 1. The molecule has 116 valence electrons. The fraction of sp³-hybridized carbons (Fsp3) is 0.533. The zero-order chi connectivity index (χ0) is 15.1. The molecule has 5 nitrogen and oxygen atoms in total. The van der Waals surface area contributed by atoms with E-state index in [0.717, 1.165) is 25.7 Å². The van der Waals surface area contributed by atoms with Gasteiger partial charge in [-0.05, 0) is 37.1 Å². The van der Waals surface area contributed by atoms with Gasteiger partial charge in [0.2, 0.25) is 0 Å². The maximum absolute atomic E-state index is 11.6. The summed E-state index contributed by atoms with van der Waals surface area (Å²) in [6, 6.07) is 6.77. The van der Waals surface area contributed by atoms with Crippen molar-refractivity contribution in [3.63, 3.8) is 0 Å². The largest absolute Gasteiger partial charge is 0.492 e. The maximum Gasteiger partial charge on any atom is 0.315 e. The van der Waals surface area contributed by atoms with Crippen molar-refractivity contribution in [2.75, 3.05) is 19.7 Å². The first-order chi connectivity index (χ1) is 10.1. The summed E-state index contributed by atoms with van der Waals surface area (Å²) in [5.41, 5.74) is -0.725. The van der Waals surface area contributed by atoms with Gasteiger partial charge >= 0.3 is 6.03 Å². The lowest BCUT2D eigenvalue weighted by atomic mass is 10.0. The van der Waals surface area contributed by atoms with Crippen LogP contribution in [0.5, 0.6) is 5.75 Å². The number of hydrogen-bond donors (Lipinski definition) is 3. The van der Waals surface area contributed by atoms with Gasteiger partial charge in [-0.2, -0.15) is 0 Å². The van der Waals surface area contributed by atoms with Crippen LogP contribution < -0.4 is 15.4 Å². The molecule has 1 aliphatic carbocycles. The van der Waals surface area contributed by atoms with Crippen LogP contribution in [0.1, 0.15) is 25.7 Å².